The van der Waals surface area contributed by atoms with Crippen molar-refractivity contribution >= 4 is 11.6 Å². The first-order chi connectivity index (χ1) is 14.1. The summed E-state index contributed by atoms with van der Waals surface area (Å²) in [6.07, 6.45) is 0.814. The number of rotatable bonds is 3. The number of aromatic amines is 1. The molecule has 142 valence electrons. The lowest BCUT2D eigenvalue weighted by molar-refractivity contribution is 0.102. The van der Waals surface area contributed by atoms with Crippen molar-refractivity contribution < 1.29 is 13.6 Å². The van der Waals surface area contributed by atoms with E-state index in [0.717, 1.165) is 47.1 Å². The second-order valence-electron chi connectivity index (χ2n) is 6.92. The predicted octanol–water partition coefficient (Wildman–Crippen LogP) is 5.18. The third kappa shape index (κ3) is 2.99. The topological polar surface area (TPSA) is 57.8 Å². The SMILES string of the molecule is O=C(Nc1ccc(-c2n[nH]c3c2Cc2ccccc2-3)cc1)c1cc(F)ccc1F. The number of anilines is 1. The van der Waals surface area contributed by atoms with Crippen molar-refractivity contribution in [1.82, 2.24) is 10.2 Å². The molecule has 1 aliphatic carbocycles. The highest BCUT2D eigenvalue weighted by atomic mass is 19.1. The number of nitrogens with one attached hydrogen (secondary N) is 2. The molecule has 0 radical (unpaired) electrons. The number of hydrogen-bond donors (Lipinski definition) is 2. The van der Waals surface area contributed by atoms with Gasteiger partial charge < -0.3 is 5.32 Å². The quantitative estimate of drug-likeness (QED) is 0.448. The second kappa shape index (κ2) is 6.67. The Morgan fingerprint density at radius 1 is 1.00 bits per heavy atom. The van der Waals surface area contributed by atoms with Gasteiger partial charge in [-0.3, -0.25) is 9.89 Å². The van der Waals surface area contributed by atoms with E-state index in [2.05, 4.69) is 27.6 Å². The van der Waals surface area contributed by atoms with E-state index in [-0.39, 0.29) is 5.56 Å². The molecule has 5 rings (SSSR count). The Morgan fingerprint density at radius 2 is 1.79 bits per heavy atom. The maximum absolute atomic E-state index is 13.8. The maximum Gasteiger partial charge on any atom is 0.258 e. The average Bonchev–Trinajstić information content (AvgIpc) is 3.30. The molecule has 0 saturated heterocycles. The number of hydrogen-bond acceptors (Lipinski definition) is 2. The molecule has 29 heavy (non-hydrogen) atoms. The molecule has 0 spiro atoms. The Kier molecular flexibility index (Phi) is 3.98. The Morgan fingerprint density at radius 3 is 2.62 bits per heavy atom. The molecule has 0 bridgehead atoms. The van der Waals surface area contributed by atoms with E-state index in [9.17, 15) is 13.6 Å². The smallest absolute Gasteiger partial charge is 0.258 e. The van der Waals surface area contributed by atoms with Crippen LogP contribution in [0.4, 0.5) is 14.5 Å². The number of benzene rings is 3. The van der Waals surface area contributed by atoms with E-state index in [1.165, 1.54) is 11.1 Å². The van der Waals surface area contributed by atoms with Crippen LogP contribution in [0.5, 0.6) is 0 Å². The van der Waals surface area contributed by atoms with E-state index in [4.69, 9.17) is 0 Å². The van der Waals surface area contributed by atoms with E-state index in [1.54, 1.807) is 12.1 Å². The van der Waals surface area contributed by atoms with Crippen LogP contribution in [-0.2, 0) is 6.42 Å². The zero-order valence-corrected chi connectivity index (χ0v) is 15.2. The van der Waals surface area contributed by atoms with Gasteiger partial charge in [0.15, 0.2) is 0 Å². The van der Waals surface area contributed by atoms with Crippen LogP contribution >= 0.6 is 0 Å². The van der Waals surface area contributed by atoms with Gasteiger partial charge in [0, 0.05) is 28.8 Å². The van der Waals surface area contributed by atoms with Crippen LogP contribution in [0.1, 0.15) is 21.5 Å². The van der Waals surface area contributed by atoms with Gasteiger partial charge in [-0.15, -0.1) is 0 Å². The summed E-state index contributed by atoms with van der Waals surface area (Å²) in [5.41, 5.74) is 6.53. The Bertz CT molecular complexity index is 1250. The van der Waals surface area contributed by atoms with Crippen LogP contribution in [0.25, 0.3) is 22.5 Å². The van der Waals surface area contributed by atoms with Gasteiger partial charge in [0.05, 0.1) is 17.0 Å². The van der Waals surface area contributed by atoms with Crippen molar-refractivity contribution in [1.29, 1.82) is 0 Å². The fourth-order valence-electron chi connectivity index (χ4n) is 3.69. The summed E-state index contributed by atoms with van der Waals surface area (Å²) in [4.78, 5) is 12.2. The van der Waals surface area contributed by atoms with Crippen LogP contribution in [0.3, 0.4) is 0 Å². The maximum atomic E-state index is 13.8. The lowest BCUT2D eigenvalue weighted by atomic mass is 10.1. The Hall–Kier alpha value is -3.80. The average molecular weight is 387 g/mol. The lowest BCUT2D eigenvalue weighted by Gasteiger charge is -2.07. The zero-order chi connectivity index (χ0) is 20.0. The van der Waals surface area contributed by atoms with E-state index < -0.39 is 17.5 Å². The fourth-order valence-corrected chi connectivity index (χ4v) is 3.69. The third-order valence-corrected chi connectivity index (χ3v) is 5.11. The zero-order valence-electron chi connectivity index (χ0n) is 15.2. The molecule has 1 heterocycles. The lowest BCUT2D eigenvalue weighted by Crippen LogP contribution is -2.14. The highest BCUT2D eigenvalue weighted by molar-refractivity contribution is 6.04. The molecule has 0 aliphatic heterocycles. The Balaban J connectivity index is 1.39. The van der Waals surface area contributed by atoms with Gasteiger partial charge in [0.2, 0.25) is 0 Å². The van der Waals surface area contributed by atoms with Crippen LogP contribution < -0.4 is 5.32 Å². The van der Waals surface area contributed by atoms with E-state index >= 15 is 0 Å². The monoisotopic (exact) mass is 387 g/mol. The molecular formula is C23H15F2N3O. The number of nitrogens with zero attached hydrogens (tertiary/aromatic N) is 1. The van der Waals surface area contributed by atoms with Gasteiger partial charge in [-0.1, -0.05) is 36.4 Å². The van der Waals surface area contributed by atoms with E-state index in [0.29, 0.717) is 5.69 Å². The number of aromatic nitrogens is 2. The predicted molar refractivity (Wildman–Crippen MR) is 107 cm³/mol. The first-order valence-corrected chi connectivity index (χ1v) is 9.12. The van der Waals surface area contributed by atoms with Crippen molar-refractivity contribution in [2.45, 2.75) is 6.42 Å². The van der Waals surface area contributed by atoms with E-state index in [1.807, 2.05) is 24.3 Å². The van der Waals surface area contributed by atoms with Gasteiger partial charge in [-0.25, -0.2) is 8.78 Å². The molecular weight excluding hydrogens is 372 g/mol. The minimum Gasteiger partial charge on any atom is -0.322 e. The number of fused-ring (bicyclic) bond motifs is 3. The first-order valence-electron chi connectivity index (χ1n) is 9.12. The molecule has 1 amide bonds. The minimum absolute atomic E-state index is 0.336. The highest BCUT2D eigenvalue weighted by Gasteiger charge is 2.24. The number of carbonyl (C=O) groups is 1. The molecule has 0 atom stereocenters. The molecule has 3 aromatic carbocycles. The van der Waals surface area contributed by atoms with Crippen molar-refractivity contribution in [3.05, 3.63) is 95.1 Å². The van der Waals surface area contributed by atoms with Crippen molar-refractivity contribution in [2.24, 2.45) is 0 Å². The molecule has 1 aliphatic rings. The molecule has 4 nitrogen and oxygen atoms in total. The number of carbonyl (C=O) groups excluding carboxylic acids is 1. The summed E-state index contributed by atoms with van der Waals surface area (Å²) in [6.45, 7) is 0. The van der Waals surface area contributed by atoms with Crippen molar-refractivity contribution in [3.63, 3.8) is 0 Å². The summed E-state index contributed by atoms with van der Waals surface area (Å²) >= 11 is 0. The molecule has 6 heteroatoms. The Labute approximate surface area is 165 Å². The molecule has 2 N–H and O–H groups in total. The van der Waals surface area contributed by atoms with Crippen LogP contribution in [0.15, 0.2) is 66.7 Å². The normalized spacial score (nSPS) is 11.8. The summed E-state index contributed by atoms with van der Waals surface area (Å²) in [5, 5.41) is 10.2. The minimum atomic E-state index is -0.771. The molecule has 4 aromatic rings. The summed E-state index contributed by atoms with van der Waals surface area (Å²) < 4.78 is 27.1. The fraction of sp³-hybridized carbons (Fsp3) is 0.0435. The van der Waals surface area contributed by atoms with Gasteiger partial charge >= 0.3 is 0 Å². The number of amides is 1. The first kappa shape index (κ1) is 17.3. The molecule has 0 saturated carbocycles. The summed E-state index contributed by atoms with van der Waals surface area (Å²) in [7, 11) is 0. The molecule has 0 unspecified atom stereocenters. The molecule has 1 aromatic heterocycles. The van der Waals surface area contributed by atoms with Gasteiger partial charge in [-0.2, -0.15) is 5.10 Å². The summed E-state index contributed by atoms with van der Waals surface area (Å²) in [5.74, 6) is -2.14. The summed E-state index contributed by atoms with van der Waals surface area (Å²) in [6, 6.07) is 18.1. The van der Waals surface area contributed by atoms with Crippen LogP contribution in [0.2, 0.25) is 0 Å². The second-order valence-corrected chi connectivity index (χ2v) is 6.92. The van der Waals surface area contributed by atoms with Crippen molar-refractivity contribution in [3.8, 4) is 22.5 Å². The molecule has 0 fully saturated rings. The van der Waals surface area contributed by atoms with Gasteiger partial charge in [0.25, 0.3) is 5.91 Å². The highest BCUT2D eigenvalue weighted by Crippen LogP contribution is 2.39. The van der Waals surface area contributed by atoms with Crippen molar-refractivity contribution in [2.75, 3.05) is 5.32 Å². The largest absolute Gasteiger partial charge is 0.322 e. The number of H-pyrrole nitrogens is 1. The standard InChI is InChI=1S/C23H15F2N3O/c24-15-7-10-20(25)18(12-15)23(29)26-16-8-5-13(6-9-16)21-19-11-14-3-1-2-4-17(14)22(19)28-27-21/h1-10,12H,11H2,(H,26,29)(H,27,28). The van der Waals surface area contributed by atoms with Gasteiger partial charge in [-0.05, 0) is 35.9 Å². The van der Waals surface area contributed by atoms with Crippen LogP contribution in [0, 0.1) is 11.6 Å². The van der Waals surface area contributed by atoms with Crippen LogP contribution in [-0.4, -0.2) is 16.1 Å². The number of halogens is 2. The third-order valence-electron chi connectivity index (χ3n) is 5.11. The van der Waals surface area contributed by atoms with Gasteiger partial charge in [0.1, 0.15) is 11.6 Å².